The Labute approximate surface area is 207 Å². The van der Waals surface area contributed by atoms with E-state index in [2.05, 4.69) is 28.8 Å². The minimum absolute atomic E-state index is 0.178. The van der Waals surface area contributed by atoms with Gasteiger partial charge in [-0.05, 0) is 25.0 Å². The molecule has 0 spiro atoms. The van der Waals surface area contributed by atoms with E-state index in [9.17, 15) is 8.42 Å². The molecule has 1 aromatic heterocycles. The number of ether oxygens (including phenoxy) is 1. The zero-order valence-corrected chi connectivity index (χ0v) is 20.4. The summed E-state index contributed by atoms with van der Waals surface area (Å²) in [5.74, 6) is -0.178. The van der Waals surface area contributed by atoms with Crippen LogP contribution in [0.5, 0.6) is 6.01 Å². The highest BCUT2D eigenvalue weighted by molar-refractivity contribution is 7.85. The van der Waals surface area contributed by atoms with Gasteiger partial charge in [0.25, 0.3) is 10.1 Å². The molecule has 0 aliphatic rings. The second kappa shape index (κ2) is 11.8. The summed E-state index contributed by atoms with van der Waals surface area (Å²) in [6.07, 6.45) is 3.85. The van der Waals surface area contributed by atoms with Crippen LogP contribution >= 0.6 is 0 Å². The first-order valence-electron chi connectivity index (χ1n) is 11.9. The average molecular weight is 491 g/mol. The zero-order chi connectivity index (χ0) is 24.5. The topological polar surface area (TPSA) is 81.4 Å². The standard InChI is InChI=1S/C28H30N2O4S/c31-35(32,33)22-14-3-1-2-13-21-34-28-29-26(23-15-7-4-8-16-23)27(24-17-9-5-10-18-24)30(28)25-19-11-6-12-20-25/h4-12,15-20H,1-3,13-14,21-22H2,(H,31,32,33). The van der Waals surface area contributed by atoms with E-state index in [0.29, 0.717) is 19.0 Å². The van der Waals surface area contributed by atoms with Crippen molar-refractivity contribution in [1.82, 2.24) is 9.55 Å². The maximum Gasteiger partial charge on any atom is 0.302 e. The van der Waals surface area contributed by atoms with Gasteiger partial charge in [-0.2, -0.15) is 13.4 Å². The van der Waals surface area contributed by atoms with Crippen LogP contribution in [0.1, 0.15) is 32.1 Å². The third-order valence-corrected chi connectivity index (χ3v) is 6.54. The fraction of sp³-hybridized carbons (Fsp3) is 0.250. The van der Waals surface area contributed by atoms with Crippen molar-refractivity contribution in [2.24, 2.45) is 0 Å². The molecule has 3 aromatic carbocycles. The number of rotatable bonds is 12. The number of aromatic nitrogens is 2. The summed E-state index contributed by atoms with van der Waals surface area (Å²) < 4.78 is 38.8. The molecular weight excluding hydrogens is 460 g/mol. The Morgan fingerprint density at radius 2 is 1.26 bits per heavy atom. The molecule has 35 heavy (non-hydrogen) atoms. The molecule has 182 valence electrons. The molecule has 0 bridgehead atoms. The summed E-state index contributed by atoms with van der Waals surface area (Å²) in [6, 6.07) is 31.0. The maximum absolute atomic E-state index is 10.8. The highest BCUT2D eigenvalue weighted by Crippen LogP contribution is 2.37. The highest BCUT2D eigenvalue weighted by atomic mass is 32.2. The number of nitrogens with zero attached hydrogens (tertiary/aromatic N) is 2. The molecule has 0 saturated heterocycles. The third-order valence-electron chi connectivity index (χ3n) is 5.73. The van der Waals surface area contributed by atoms with E-state index in [0.717, 1.165) is 53.9 Å². The van der Waals surface area contributed by atoms with Gasteiger partial charge in [-0.25, -0.2) is 0 Å². The van der Waals surface area contributed by atoms with Crippen LogP contribution in [0.2, 0.25) is 0 Å². The van der Waals surface area contributed by atoms with Crippen LogP contribution in [-0.2, 0) is 10.1 Å². The summed E-state index contributed by atoms with van der Waals surface area (Å²) in [4.78, 5) is 4.95. The van der Waals surface area contributed by atoms with Crippen molar-refractivity contribution in [2.75, 3.05) is 12.4 Å². The molecule has 0 aliphatic carbocycles. The SMILES string of the molecule is O=S(=O)(O)CCCCCCCOc1nc(-c2ccccc2)c(-c2ccccc2)n1-c1ccccc1. The number of hydrogen-bond donors (Lipinski definition) is 1. The zero-order valence-electron chi connectivity index (χ0n) is 19.6. The largest absolute Gasteiger partial charge is 0.464 e. The van der Waals surface area contributed by atoms with Crippen molar-refractivity contribution in [3.63, 3.8) is 0 Å². The van der Waals surface area contributed by atoms with Gasteiger partial charge in [-0.3, -0.25) is 9.12 Å². The number of hydrogen-bond acceptors (Lipinski definition) is 4. The number of benzene rings is 3. The first-order chi connectivity index (χ1) is 17.0. The van der Waals surface area contributed by atoms with Crippen molar-refractivity contribution in [2.45, 2.75) is 32.1 Å². The van der Waals surface area contributed by atoms with E-state index in [1.807, 2.05) is 66.7 Å². The molecule has 4 rings (SSSR count). The van der Waals surface area contributed by atoms with Crippen LogP contribution < -0.4 is 4.74 Å². The molecule has 4 aromatic rings. The van der Waals surface area contributed by atoms with E-state index in [4.69, 9.17) is 14.3 Å². The third kappa shape index (κ3) is 6.81. The van der Waals surface area contributed by atoms with Gasteiger partial charge in [-0.15, -0.1) is 0 Å². The fourth-order valence-electron chi connectivity index (χ4n) is 4.05. The van der Waals surface area contributed by atoms with Crippen LogP contribution in [0.4, 0.5) is 0 Å². The van der Waals surface area contributed by atoms with Crippen LogP contribution in [0.3, 0.4) is 0 Å². The van der Waals surface area contributed by atoms with Crippen molar-refractivity contribution < 1.29 is 17.7 Å². The second-order valence-electron chi connectivity index (χ2n) is 8.40. The Morgan fingerprint density at radius 1 is 0.714 bits per heavy atom. The van der Waals surface area contributed by atoms with Crippen molar-refractivity contribution in [3.05, 3.63) is 91.0 Å². The first kappa shape index (κ1) is 24.7. The molecule has 0 saturated carbocycles. The Hall–Kier alpha value is -3.42. The lowest BCUT2D eigenvalue weighted by atomic mass is 10.0. The molecule has 7 heteroatoms. The Morgan fingerprint density at radius 3 is 1.89 bits per heavy atom. The summed E-state index contributed by atoms with van der Waals surface area (Å²) in [5.41, 5.74) is 4.88. The molecule has 0 aliphatic heterocycles. The minimum Gasteiger partial charge on any atom is -0.464 e. The molecule has 0 fully saturated rings. The molecule has 0 unspecified atom stereocenters. The normalized spacial score (nSPS) is 11.5. The predicted octanol–water partition coefficient (Wildman–Crippen LogP) is 6.42. The van der Waals surface area contributed by atoms with Crippen molar-refractivity contribution >= 4 is 10.1 Å². The van der Waals surface area contributed by atoms with Crippen LogP contribution in [0.15, 0.2) is 91.0 Å². The average Bonchev–Trinajstić information content (AvgIpc) is 3.26. The quantitative estimate of drug-likeness (QED) is 0.183. The predicted molar refractivity (Wildman–Crippen MR) is 139 cm³/mol. The monoisotopic (exact) mass is 490 g/mol. The fourth-order valence-corrected chi connectivity index (χ4v) is 4.62. The molecule has 1 N–H and O–H groups in total. The van der Waals surface area contributed by atoms with Gasteiger partial charge in [0.1, 0.15) is 5.69 Å². The molecule has 0 amide bonds. The summed E-state index contributed by atoms with van der Waals surface area (Å²) in [6.45, 7) is 0.505. The molecule has 1 heterocycles. The van der Waals surface area contributed by atoms with Gasteiger partial charge in [0, 0.05) is 11.1 Å². The van der Waals surface area contributed by atoms with Gasteiger partial charge in [-0.1, -0.05) is 98.1 Å². The van der Waals surface area contributed by atoms with Gasteiger partial charge < -0.3 is 4.74 Å². The van der Waals surface area contributed by atoms with E-state index < -0.39 is 10.1 Å². The number of unbranched alkanes of at least 4 members (excludes halogenated alkanes) is 4. The molecular formula is C28H30N2O4S. The lowest BCUT2D eigenvalue weighted by molar-refractivity contribution is 0.278. The van der Waals surface area contributed by atoms with E-state index >= 15 is 0 Å². The van der Waals surface area contributed by atoms with Gasteiger partial charge >= 0.3 is 6.01 Å². The number of imidazole rings is 1. The summed E-state index contributed by atoms with van der Waals surface area (Å²) >= 11 is 0. The van der Waals surface area contributed by atoms with Crippen molar-refractivity contribution in [3.8, 4) is 34.2 Å². The van der Waals surface area contributed by atoms with Crippen LogP contribution in [0, 0.1) is 0 Å². The lowest BCUT2D eigenvalue weighted by Gasteiger charge is -2.13. The highest BCUT2D eigenvalue weighted by Gasteiger charge is 2.22. The van der Waals surface area contributed by atoms with Gasteiger partial charge in [0.2, 0.25) is 0 Å². The van der Waals surface area contributed by atoms with Crippen LogP contribution in [-0.4, -0.2) is 34.9 Å². The summed E-state index contributed by atoms with van der Waals surface area (Å²) in [5, 5.41) is 0. The maximum atomic E-state index is 10.8. The van der Waals surface area contributed by atoms with E-state index in [-0.39, 0.29) is 5.75 Å². The minimum atomic E-state index is -3.87. The first-order valence-corrected chi connectivity index (χ1v) is 13.5. The Balaban J connectivity index is 1.58. The molecule has 0 atom stereocenters. The molecule has 6 nitrogen and oxygen atoms in total. The number of para-hydroxylation sites is 1. The van der Waals surface area contributed by atoms with Crippen molar-refractivity contribution in [1.29, 1.82) is 0 Å². The second-order valence-corrected chi connectivity index (χ2v) is 9.97. The Kier molecular flexibility index (Phi) is 8.34. The smallest absolute Gasteiger partial charge is 0.302 e. The molecule has 0 radical (unpaired) electrons. The van der Waals surface area contributed by atoms with Gasteiger partial charge in [0.05, 0.1) is 23.7 Å². The van der Waals surface area contributed by atoms with Crippen LogP contribution in [0.25, 0.3) is 28.2 Å². The van der Waals surface area contributed by atoms with Gasteiger partial charge in [0.15, 0.2) is 0 Å². The summed E-state index contributed by atoms with van der Waals surface area (Å²) in [7, 11) is -3.87. The lowest BCUT2D eigenvalue weighted by Crippen LogP contribution is -2.05. The van der Waals surface area contributed by atoms with E-state index in [1.165, 1.54) is 0 Å². The Bertz CT molecular complexity index is 1310. The van der Waals surface area contributed by atoms with E-state index in [1.54, 1.807) is 0 Å².